The second-order valence-electron chi connectivity index (χ2n) is 4.67. The van der Waals surface area contributed by atoms with E-state index >= 15 is 0 Å². The zero-order valence-electron chi connectivity index (χ0n) is 11.1. The highest BCUT2D eigenvalue weighted by Gasteiger charge is 2.23. The minimum absolute atomic E-state index is 0.0506. The maximum atomic E-state index is 11.6. The third-order valence-corrected chi connectivity index (χ3v) is 3.27. The molecule has 0 spiro atoms. The second kappa shape index (κ2) is 6.54. The van der Waals surface area contributed by atoms with E-state index < -0.39 is 0 Å². The Hall–Kier alpha value is -1.59. The zero-order valence-corrected chi connectivity index (χ0v) is 11.1. The van der Waals surface area contributed by atoms with Gasteiger partial charge in [0.05, 0.1) is 18.8 Å². The van der Waals surface area contributed by atoms with E-state index in [9.17, 15) is 4.79 Å². The SMILES string of the molecule is CC1OCCC1Nc1ccc(C(=O)NCCO)cc1. The summed E-state index contributed by atoms with van der Waals surface area (Å²) >= 11 is 0. The quantitative estimate of drug-likeness (QED) is 0.742. The van der Waals surface area contributed by atoms with Crippen molar-refractivity contribution in [2.75, 3.05) is 25.1 Å². The van der Waals surface area contributed by atoms with E-state index in [1.807, 2.05) is 12.1 Å². The Morgan fingerprint density at radius 1 is 1.42 bits per heavy atom. The summed E-state index contributed by atoms with van der Waals surface area (Å²) in [5.74, 6) is -0.168. The van der Waals surface area contributed by atoms with Gasteiger partial charge in [0.2, 0.25) is 0 Å². The molecule has 0 saturated carbocycles. The first-order valence-electron chi connectivity index (χ1n) is 6.58. The van der Waals surface area contributed by atoms with Crippen LogP contribution in [0.5, 0.6) is 0 Å². The summed E-state index contributed by atoms with van der Waals surface area (Å²) < 4.78 is 5.49. The number of nitrogens with one attached hydrogen (secondary N) is 2. The number of hydrogen-bond donors (Lipinski definition) is 3. The number of anilines is 1. The molecule has 1 aromatic carbocycles. The first-order valence-corrected chi connectivity index (χ1v) is 6.58. The molecule has 1 aliphatic heterocycles. The summed E-state index contributed by atoms with van der Waals surface area (Å²) in [4.78, 5) is 11.6. The van der Waals surface area contributed by atoms with Crippen LogP contribution in [0.15, 0.2) is 24.3 Å². The number of aliphatic hydroxyl groups is 1. The van der Waals surface area contributed by atoms with E-state index in [0.717, 1.165) is 18.7 Å². The van der Waals surface area contributed by atoms with Crippen molar-refractivity contribution in [1.29, 1.82) is 0 Å². The van der Waals surface area contributed by atoms with E-state index in [1.165, 1.54) is 0 Å². The molecular weight excluding hydrogens is 244 g/mol. The fraction of sp³-hybridized carbons (Fsp3) is 0.500. The summed E-state index contributed by atoms with van der Waals surface area (Å²) in [7, 11) is 0. The largest absolute Gasteiger partial charge is 0.395 e. The Morgan fingerprint density at radius 2 is 2.16 bits per heavy atom. The lowest BCUT2D eigenvalue weighted by Crippen LogP contribution is -2.27. The number of aliphatic hydroxyl groups excluding tert-OH is 1. The normalized spacial score (nSPS) is 22.2. The number of rotatable bonds is 5. The monoisotopic (exact) mass is 264 g/mol. The Labute approximate surface area is 113 Å². The Balaban J connectivity index is 1.92. The number of amides is 1. The van der Waals surface area contributed by atoms with E-state index in [-0.39, 0.29) is 25.2 Å². The van der Waals surface area contributed by atoms with Crippen molar-refractivity contribution in [2.24, 2.45) is 0 Å². The molecule has 2 rings (SSSR count). The molecular formula is C14H20N2O3. The molecule has 5 nitrogen and oxygen atoms in total. The summed E-state index contributed by atoms with van der Waals surface area (Å²) in [5.41, 5.74) is 1.58. The van der Waals surface area contributed by atoms with Crippen LogP contribution in [0.4, 0.5) is 5.69 Å². The number of carbonyl (C=O) groups excluding carboxylic acids is 1. The highest BCUT2D eigenvalue weighted by Crippen LogP contribution is 2.19. The van der Waals surface area contributed by atoms with Crippen LogP contribution < -0.4 is 10.6 Å². The smallest absolute Gasteiger partial charge is 0.251 e. The van der Waals surface area contributed by atoms with Crippen LogP contribution in [0.2, 0.25) is 0 Å². The topological polar surface area (TPSA) is 70.6 Å². The fourth-order valence-electron chi connectivity index (χ4n) is 2.12. The van der Waals surface area contributed by atoms with Crippen molar-refractivity contribution >= 4 is 11.6 Å². The van der Waals surface area contributed by atoms with Crippen LogP contribution in [-0.2, 0) is 4.74 Å². The molecule has 1 fully saturated rings. The van der Waals surface area contributed by atoms with Gasteiger partial charge in [-0.1, -0.05) is 0 Å². The minimum atomic E-state index is -0.168. The fourth-order valence-corrected chi connectivity index (χ4v) is 2.12. The van der Waals surface area contributed by atoms with Gasteiger partial charge in [0.15, 0.2) is 0 Å². The summed E-state index contributed by atoms with van der Waals surface area (Å²) in [6.45, 7) is 3.07. The highest BCUT2D eigenvalue weighted by atomic mass is 16.5. The van der Waals surface area contributed by atoms with Crippen molar-refractivity contribution in [3.8, 4) is 0 Å². The average Bonchev–Trinajstić information content (AvgIpc) is 2.82. The van der Waals surface area contributed by atoms with Crippen LogP contribution in [-0.4, -0.2) is 42.9 Å². The molecule has 104 valence electrons. The van der Waals surface area contributed by atoms with Crippen LogP contribution in [0.25, 0.3) is 0 Å². The lowest BCUT2D eigenvalue weighted by atomic mass is 10.1. The van der Waals surface area contributed by atoms with Crippen molar-refractivity contribution < 1.29 is 14.6 Å². The molecule has 0 radical (unpaired) electrons. The Bertz CT molecular complexity index is 419. The van der Waals surface area contributed by atoms with Gasteiger partial charge >= 0.3 is 0 Å². The van der Waals surface area contributed by atoms with Crippen LogP contribution >= 0.6 is 0 Å². The van der Waals surface area contributed by atoms with Gasteiger partial charge in [0.1, 0.15) is 0 Å². The predicted molar refractivity (Wildman–Crippen MR) is 73.3 cm³/mol. The van der Waals surface area contributed by atoms with Gasteiger partial charge in [-0.3, -0.25) is 4.79 Å². The van der Waals surface area contributed by atoms with Gasteiger partial charge in [-0.25, -0.2) is 0 Å². The molecule has 2 unspecified atom stereocenters. The van der Waals surface area contributed by atoms with Crippen molar-refractivity contribution in [2.45, 2.75) is 25.5 Å². The molecule has 1 aromatic rings. The molecule has 0 aromatic heterocycles. The standard InChI is InChI=1S/C14H20N2O3/c1-10-13(6-9-19-10)16-12-4-2-11(3-5-12)14(18)15-7-8-17/h2-5,10,13,16-17H,6-9H2,1H3,(H,15,18). The first-order chi connectivity index (χ1) is 9.20. The van der Waals surface area contributed by atoms with Gasteiger partial charge < -0.3 is 20.5 Å². The van der Waals surface area contributed by atoms with Crippen molar-refractivity contribution in [1.82, 2.24) is 5.32 Å². The van der Waals surface area contributed by atoms with Gasteiger partial charge in [0.25, 0.3) is 5.91 Å². The van der Waals surface area contributed by atoms with E-state index in [1.54, 1.807) is 12.1 Å². The molecule has 5 heteroatoms. The van der Waals surface area contributed by atoms with E-state index in [4.69, 9.17) is 9.84 Å². The third kappa shape index (κ3) is 3.68. The second-order valence-corrected chi connectivity index (χ2v) is 4.67. The van der Waals surface area contributed by atoms with E-state index in [0.29, 0.717) is 11.6 Å². The summed E-state index contributed by atoms with van der Waals surface area (Å²) in [6, 6.07) is 7.65. The third-order valence-electron chi connectivity index (χ3n) is 3.27. The van der Waals surface area contributed by atoms with Crippen molar-refractivity contribution in [3.63, 3.8) is 0 Å². The molecule has 3 N–H and O–H groups in total. The molecule has 0 bridgehead atoms. The van der Waals surface area contributed by atoms with Crippen LogP contribution in [0.1, 0.15) is 23.7 Å². The summed E-state index contributed by atoms with van der Waals surface area (Å²) in [6.07, 6.45) is 1.22. The number of carbonyl (C=O) groups is 1. The molecule has 1 amide bonds. The van der Waals surface area contributed by atoms with Gasteiger partial charge in [0, 0.05) is 24.4 Å². The van der Waals surface area contributed by atoms with Gasteiger partial charge in [-0.15, -0.1) is 0 Å². The molecule has 1 saturated heterocycles. The summed E-state index contributed by atoms with van der Waals surface area (Å²) in [5, 5.41) is 14.7. The Kier molecular flexibility index (Phi) is 4.76. The van der Waals surface area contributed by atoms with Crippen LogP contribution in [0, 0.1) is 0 Å². The molecule has 0 aliphatic carbocycles. The maximum absolute atomic E-state index is 11.6. The molecule has 19 heavy (non-hydrogen) atoms. The predicted octanol–water partition coefficient (Wildman–Crippen LogP) is 0.998. The number of benzene rings is 1. The lowest BCUT2D eigenvalue weighted by molar-refractivity contribution is 0.0944. The molecule has 2 atom stereocenters. The lowest BCUT2D eigenvalue weighted by Gasteiger charge is -2.17. The van der Waals surface area contributed by atoms with E-state index in [2.05, 4.69) is 17.6 Å². The number of hydrogen-bond acceptors (Lipinski definition) is 4. The Morgan fingerprint density at radius 3 is 2.74 bits per heavy atom. The minimum Gasteiger partial charge on any atom is -0.395 e. The molecule has 1 aliphatic rings. The zero-order chi connectivity index (χ0) is 13.7. The molecule has 1 heterocycles. The van der Waals surface area contributed by atoms with Crippen molar-refractivity contribution in [3.05, 3.63) is 29.8 Å². The van der Waals surface area contributed by atoms with Gasteiger partial charge in [-0.05, 0) is 37.6 Å². The van der Waals surface area contributed by atoms with Crippen LogP contribution in [0.3, 0.4) is 0 Å². The maximum Gasteiger partial charge on any atom is 0.251 e. The highest BCUT2D eigenvalue weighted by molar-refractivity contribution is 5.94. The van der Waals surface area contributed by atoms with Gasteiger partial charge in [-0.2, -0.15) is 0 Å². The average molecular weight is 264 g/mol. The number of ether oxygens (including phenoxy) is 1. The first kappa shape index (κ1) is 13.8.